The number of piperazine rings is 1. The first-order chi connectivity index (χ1) is 15.1. The van der Waals surface area contributed by atoms with Gasteiger partial charge in [0.05, 0.1) is 18.0 Å². The molecule has 8 nitrogen and oxygen atoms in total. The number of halogens is 1. The summed E-state index contributed by atoms with van der Waals surface area (Å²) in [7, 11) is 3.61. The summed E-state index contributed by atoms with van der Waals surface area (Å²) in [6.07, 6.45) is 9.76. The molecule has 1 saturated carbocycles. The standard InChI is InChI=1S/C23H32N6O2.HI/c1-24-23(28-13-14-29(22(30)17-28)19-15-26-27(2)16-19)25-12-11-18-7-9-21(10-8-18)31-20-5-3-4-6-20;/h7-10,15-16,20H,3-6,11-14,17H2,1-2H3,(H,24,25);1H. The largest absolute Gasteiger partial charge is 0.490 e. The molecule has 1 aliphatic carbocycles. The van der Waals surface area contributed by atoms with Crippen LogP contribution in [-0.4, -0.2) is 65.9 Å². The van der Waals surface area contributed by atoms with Crippen molar-refractivity contribution in [3.8, 4) is 5.75 Å². The minimum absolute atomic E-state index is 0. The van der Waals surface area contributed by atoms with E-state index in [1.807, 2.05) is 18.1 Å². The Morgan fingerprint density at radius 1 is 1.22 bits per heavy atom. The molecule has 32 heavy (non-hydrogen) atoms. The summed E-state index contributed by atoms with van der Waals surface area (Å²) in [6, 6.07) is 8.40. The van der Waals surface area contributed by atoms with E-state index in [9.17, 15) is 4.79 Å². The van der Waals surface area contributed by atoms with Crippen molar-refractivity contribution in [2.24, 2.45) is 12.0 Å². The van der Waals surface area contributed by atoms with Crippen LogP contribution in [0.5, 0.6) is 5.75 Å². The van der Waals surface area contributed by atoms with Crippen molar-refractivity contribution in [3.63, 3.8) is 0 Å². The fraction of sp³-hybridized carbons (Fsp3) is 0.522. The number of anilines is 1. The minimum Gasteiger partial charge on any atom is -0.490 e. The van der Waals surface area contributed by atoms with Crippen molar-refractivity contribution in [2.45, 2.75) is 38.2 Å². The minimum atomic E-state index is 0. The molecule has 1 N–H and O–H groups in total. The van der Waals surface area contributed by atoms with Crippen LogP contribution in [0, 0.1) is 0 Å². The monoisotopic (exact) mass is 552 g/mol. The highest BCUT2D eigenvalue weighted by molar-refractivity contribution is 14.0. The zero-order valence-corrected chi connectivity index (χ0v) is 21.2. The quantitative estimate of drug-likeness (QED) is 0.339. The second-order valence-electron chi connectivity index (χ2n) is 8.23. The van der Waals surface area contributed by atoms with Gasteiger partial charge in [-0.2, -0.15) is 5.10 Å². The Morgan fingerprint density at radius 2 is 1.97 bits per heavy atom. The van der Waals surface area contributed by atoms with E-state index >= 15 is 0 Å². The van der Waals surface area contributed by atoms with Crippen LogP contribution in [0.25, 0.3) is 0 Å². The topological polar surface area (TPSA) is 75.0 Å². The molecule has 1 aromatic carbocycles. The number of aliphatic imine (C=N–C) groups is 1. The zero-order chi connectivity index (χ0) is 21.6. The summed E-state index contributed by atoms with van der Waals surface area (Å²) in [4.78, 5) is 20.8. The van der Waals surface area contributed by atoms with E-state index in [2.05, 4.69) is 39.7 Å². The first-order valence-corrected chi connectivity index (χ1v) is 11.1. The Morgan fingerprint density at radius 3 is 2.59 bits per heavy atom. The van der Waals surface area contributed by atoms with Gasteiger partial charge in [0.15, 0.2) is 5.96 Å². The van der Waals surface area contributed by atoms with Gasteiger partial charge in [-0.1, -0.05) is 12.1 Å². The highest BCUT2D eigenvalue weighted by atomic mass is 127. The summed E-state index contributed by atoms with van der Waals surface area (Å²) < 4.78 is 7.75. The molecule has 2 aromatic rings. The molecule has 9 heteroatoms. The smallest absolute Gasteiger partial charge is 0.246 e. The maximum Gasteiger partial charge on any atom is 0.246 e. The average Bonchev–Trinajstić information content (AvgIpc) is 3.44. The normalized spacial score (nSPS) is 17.4. The van der Waals surface area contributed by atoms with E-state index in [-0.39, 0.29) is 29.9 Å². The van der Waals surface area contributed by atoms with Gasteiger partial charge in [-0.15, -0.1) is 24.0 Å². The van der Waals surface area contributed by atoms with Gasteiger partial charge in [0.25, 0.3) is 0 Å². The summed E-state index contributed by atoms with van der Waals surface area (Å²) in [6.45, 7) is 2.41. The molecule has 4 rings (SSSR count). The molecule has 1 amide bonds. The third kappa shape index (κ3) is 6.14. The van der Waals surface area contributed by atoms with Crippen molar-refractivity contribution < 1.29 is 9.53 Å². The fourth-order valence-electron chi connectivity index (χ4n) is 4.26. The Hall–Kier alpha value is -2.30. The number of hydrogen-bond acceptors (Lipinski definition) is 4. The van der Waals surface area contributed by atoms with Crippen molar-refractivity contribution in [1.29, 1.82) is 0 Å². The number of guanidine groups is 1. The molecule has 1 aliphatic heterocycles. The van der Waals surface area contributed by atoms with Gasteiger partial charge in [0.1, 0.15) is 12.3 Å². The Labute approximate surface area is 207 Å². The van der Waals surface area contributed by atoms with E-state index in [1.54, 1.807) is 22.8 Å². The van der Waals surface area contributed by atoms with Crippen molar-refractivity contribution >= 4 is 41.5 Å². The predicted octanol–water partition coefficient (Wildman–Crippen LogP) is 2.83. The Balaban J connectivity index is 0.00000289. The van der Waals surface area contributed by atoms with Crippen LogP contribution in [0.4, 0.5) is 5.69 Å². The zero-order valence-electron chi connectivity index (χ0n) is 18.9. The van der Waals surface area contributed by atoms with Gasteiger partial charge < -0.3 is 19.9 Å². The van der Waals surface area contributed by atoms with Crippen LogP contribution in [-0.2, 0) is 18.3 Å². The number of aromatic nitrogens is 2. The lowest BCUT2D eigenvalue weighted by Crippen LogP contribution is -2.55. The summed E-state index contributed by atoms with van der Waals surface area (Å²) >= 11 is 0. The van der Waals surface area contributed by atoms with E-state index in [0.717, 1.165) is 36.9 Å². The number of nitrogens with one attached hydrogen (secondary N) is 1. The highest BCUT2D eigenvalue weighted by Crippen LogP contribution is 2.24. The maximum absolute atomic E-state index is 12.6. The molecular weight excluding hydrogens is 519 g/mol. The van der Waals surface area contributed by atoms with Gasteiger partial charge in [0, 0.05) is 39.9 Å². The second-order valence-corrected chi connectivity index (χ2v) is 8.23. The molecule has 2 fully saturated rings. The van der Waals surface area contributed by atoms with Gasteiger partial charge in [-0.25, -0.2) is 0 Å². The molecule has 1 saturated heterocycles. The van der Waals surface area contributed by atoms with Gasteiger partial charge in [-0.3, -0.25) is 14.5 Å². The number of carbonyl (C=O) groups is 1. The van der Waals surface area contributed by atoms with Crippen molar-refractivity contribution in [3.05, 3.63) is 42.2 Å². The second kappa shape index (κ2) is 11.5. The number of amides is 1. The summed E-state index contributed by atoms with van der Waals surface area (Å²) in [5, 5.41) is 7.56. The molecule has 0 atom stereocenters. The van der Waals surface area contributed by atoms with Crippen LogP contribution >= 0.6 is 24.0 Å². The predicted molar refractivity (Wildman–Crippen MR) is 137 cm³/mol. The molecule has 174 valence electrons. The third-order valence-electron chi connectivity index (χ3n) is 5.96. The number of benzene rings is 1. The SMILES string of the molecule is CN=C(NCCc1ccc(OC2CCCC2)cc1)N1CCN(c2cnn(C)c2)C(=O)C1.I. The average molecular weight is 552 g/mol. The first kappa shape index (κ1) is 24.3. The van der Waals surface area contributed by atoms with Crippen LogP contribution in [0.3, 0.4) is 0 Å². The van der Waals surface area contributed by atoms with Gasteiger partial charge in [0.2, 0.25) is 5.91 Å². The van der Waals surface area contributed by atoms with E-state index < -0.39 is 0 Å². The van der Waals surface area contributed by atoms with E-state index in [4.69, 9.17) is 4.74 Å². The molecule has 2 aliphatic rings. The lowest BCUT2D eigenvalue weighted by atomic mass is 10.1. The van der Waals surface area contributed by atoms with Crippen molar-refractivity contribution in [1.82, 2.24) is 20.0 Å². The Kier molecular flexibility index (Phi) is 8.77. The van der Waals surface area contributed by atoms with Crippen LogP contribution in [0.1, 0.15) is 31.2 Å². The summed E-state index contributed by atoms with van der Waals surface area (Å²) in [5.41, 5.74) is 2.09. The van der Waals surface area contributed by atoms with E-state index in [0.29, 0.717) is 19.2 Å². The molecule has 1 aromatic heterocycles. The molecular formula is C23H33IN6O2. The molecule has 0 radical (unpaired) electrons. The number of nitrogens with zero attached hydrogens (tertiary/aromatic N) is 5. The molecule has 2 heterocycles. The van der Waals surface area contributed by atoms with Crippen LogP contribution < -0.4 is 15.0 Å². The third-order valence-corrected chi connectivity index (χ3v) is 5.96. The molecule has 0 bridgehead atoms. The summed E-state index contributed by atoms with van der Waals surface area (Å²) in [5.74, 6) is 1.78. The van der Waals surface area contributed by atoms with Gasteiger partial charge >= 0.3 is 0 Å². The lowest BCUT2D eigenvalue weighted by Gasteiger charge is -2.35. The Bertz CT molecular complexity index is 907. The number of ether oxygens (including phenoxy) is 1. The first-order valence-electron chi connectivity index (χ1n) is 11.1. The number of hydrogen-bond donors (Lipinski definition) is 1. The number of rotatable bonds is 6. The van der Waals surface area contributed by atoms with Crippen LogP contribution in [0.2, 0.25) is 0 Å². The molecule has 0 unspecified atom stereocenters. The maximum atomic E-state index is 12.6. The lowest BCUT2D eigenvalue weighted by molar-refractivity contribution is -0.120. The number of carbonyl (C=O) groups excluding carboxylic acids is 1. The van der Waals surface area contributed by atoms with Gasteiger partial charge in [-0.05, 0) is 49.8 Å². The highest BCUT2D eigenvalue weighted by Gasteiger charge is 2.27. The van der Waals surface area contributed by atoms with Crippen molar-refractivity contribution in [2.75, 3.05) is 38.1 Å². The molecule has 0 spiro atoms. The van der Waals surface area contributed by atoms with Crippen LogP contribution in [0.15, 0.2) is 41.7 Å². The number of aryl methyl sites for hydroxylation is 1. The van der Waals surface area contributed by atoms with E-state index in [1.165, 1.54) is 31.2 Å². The fourth-order valence-corrected chi connectivity index (χ4v) is 4.26.